The van der Waals surface area contributed by atoms with Crippen molar-refractivity contribution in [2.45, 2.75) is 57.7 Å². The molecule has 1 fully saturated rings. The molecule has 3 heterocycles. The normalized spacial score (nSPS) is 14.2. The van der Waals surface area contributed by atoms with Gasteiger partial charge in [-0.1, -0.05) is 56.4 Å². The number of aromatic nitrogens is 5. The summed E-state index contributed by atoms with van der Waals surface area (Å²) < 4.78 is 1.91. The number of amides is 1. The Morgan fingerprint density at radius 2 is 1.85 bits per heavy atom. The molecule has 10 heteroatoms. The van der Waals surface area contributed by atoms with Crippen LogP contribution in [0.15, 0.2) is 73.4 Å². The van der Waals surface area contributed by atoms with Crippen LogP contribution in [0.1, 0.15) is 49.8 Å². The third-order valence-electron chi connectivity index (χ3n) is 7.09. The molecule has 204 valence electrons. The maximum atomic E-state index is 13.5. The molecule has 5 rings (SSSR count). The highest BCUT2D eigenvalue weighted by Gasteiger charge is 2.25. The Morgan fingerprint density at radius 3 is 2.58 bits per heavy atom. The standard InChI is InChI=1S/C30H33N9O/c1-31-24-11-9-23(10-12-24)19-34-29(40)26(17-22-7-3-2-4-8-22)36-27-18-28(39-15-5-6-16-39)38-30(37-27)35-21-25-20-32-13-14-33-25/h5-6,9-16,18,20,22,26H,2-4,7-8,17,19,21H2,(H,34,40)(H2,35,36,37,38)/t26-/m1/s1. The Labute approximate surface area is 234 Å². The average molecular weight is 536 g/mol. The highest BCUT2D eigenvalue weighted by molar-refractivity contribution is 5.84. The van der Waals surface area contributed by atoms with E-state index in [9.17, 15) is 4.79 Å². The number of carbonyl (C=O) groups is 1. The first-order valence-corrected chi connectivity index (χ1v) is 13.7. The van der Waals surface area contributed by atoms with Crippen molar-refractivity contribution >= 4 is 23.4 Å². The third-order valence-corrected chi connectivity index (χ3v) is 7.09. The Balaban J connectivity index is 1.35. The van der Waals surface area contributed by atoms with E-state index in [1.54, 1.807) is 30.7 Å². The molecule has 1 atom stereocenters. The molecular formula is C30H33N9O. The van der Waals surface area contributed by atoms with Gasteiger partial charge in [0.1, 0.15) is 17.7 Å². The van der Waals surface area contributed by atoms with Gasteiger partial charge >= 0.3 is 0 Å². The van der Waals surface area contributed by atoms with Gasteiger partial charge in [-0.15, -0.1) is 0 Å². The Hall–Kier alpha value is -4.78. The van der Waals surface area contributed by atoms with Crippen molar-refractivity contribution in [3.8, 4) is 5.82 Å². The molecule has 3 aromatic heterocycles. The molecule has 0 spiro atoms. The van der Waals surface area contributed by atoms with Crippen LogP contribution in [0.4, 0.5) is 17.5 Å². The number of carbonyl (C=O) groups excluding carboxylic acids is 1. The summed E-state index contributed by atoms with van der Waals surface area (Å²) in [4.78, 5) is 34.8. The lowest BCUT2D eigenvalue weighted by atomic mass is 9.84. The van der Waals surface area contributed by atoms with Crippen molar-refractivity contribution in [1.82, 2.24) is 29.8 Å². The van der Waals surface area contributed by atoms with Crippen LogP contribution >= 0.6 is 0 Å². The Morgan fingerprint density at radius 1 is 1.05 bits per heavy atom. The van der Waals surface area contributed by atoms with Gasteiger partial charge in [0.25, 0.3) is 0 Å². The second-order valence-electron chi connectivity index (χ2n) is 10.0. The van der Waals surface area contributed by atoms with Crippen LogP contribution in [0.3, 0.4) is 0 Å². The minimum absolute atomic E-state index is 0.0741. The first-order chi connectivity index (χ1) is 19.7. The number of anilines is 2. The van der Waals surface area contributed by atoms with Gasteiger partial charge in [0.15, 0.2) is 5.69 Å². The van der Waals surface area contributed by atoms with E-state index in [4.69, 9.17) is 11.6 Å². The summed E-state index contributed by atoms with van der Waals surface area (Å²) in [5.41, 5.74) is 2.30. The molecule has 1 amide bonds. The predicted molar refractivity (Wildman–Crippen MR) is 154 cm³/mol. The lowest BCUT2D eigenvalue weighted by Crippen LogP contribution is -2.41. The molecular weight excluding hydrogens is 502 g/mol. The monoisotopic (exact) mass is 535 g/mol. The molecule has 1 saturated carbocycles. The van der Waals surface area contributed by atoms with Crippen molar-refractivity contribution in [3.63, 3.8) is 0 Å². The van der Waals surface area contributed by atoms with Gasteiger partial charge in [-0.2, -0.15) is 9.97 Å². The van der Waals surface area contributed by atoms with E-state index < -0.39 is 6.04 Å². The van der Waals surface area contributed by atoms with Gasteiger partial charge in [0.2, 0.25) is 11.9 Å². The van der Waals surface area contributed by atoms with E-state index >= 15 is 0 Å². The first-order valence-electron chi connectivity index (χ1n) is 13.7. The van der Waals surface area contributed by atoms with Crippen LogP contribution in [-0.4, -0.2) is 36.5 Å². The van der Waals surface area contributed by atoms with Crippen LogP contribution in [-0.2, 0) is 17.9 Å². The lowest BCUT2D eigenvalue weighted by Gasteiger charge is -2.27. The van der Waals surface area contributed by atoms with Gasteiger partial charge in [-0.05, 0) is 30.0 Å². The topological polar surface area (TPSA) is 114 Å². The van der Waals surface area contributed by atoms with Gasteiger partial charge in [0.05, 0.1) is 25.0 Å². The molecule has 4 aromatic rings. The highest BCUT2D eigenvalue weighted by atomic mass is 16.2. The van der Waals surface area contributed by atoms with E-state index in [-0.39, 0.29) is 5.91 Å². The number of rotatable bonds is 11. The molecule has 0 radical (unpaired) electrons. The van der Waals surface area contributed by atoms with Gasteiger partial charge in [-0.25, -0.2) is 4.85 Å². The van der Waals surface area contributed by atoms with Gasteiger partial charge < -0.3 is 20.5 Å². The van der Waals surface area contributed by atoms with Crippen molar-refractivity contribution in [2.24, 2.45) is 5.92 Å². The zero-order valence-electron chi connectivity index (χ0n) is 22.3. The smallest absolute Gasteiger partial charge is 0.242 e. The highest BCUT2D eigenvalue weighted by Crippen LogP contribution is 2.28. The lowest BCUT2D eigenvalue weighted by molar-refractivity contribution is -0.122. The zero-order chi connectivity index (χ0) is 27.6. The summed E-state index contributed by atoms with van der Waals surface area (Å²) in [6.07, 6.45) is 15.5. The van der Waals surface area contributed by atoms with E-state index in [1.807, 2.05) is 47.3 Å². The fourth-order valence-electron chi connectivity index (χ4n) is 4.96. The average Bonchev–Trinajstić information content (AvgIpc) is 3.55. The number of benzene rings is 1. The quantitative estimate of drug-likeness (QED) is 0.224. The fourth-order valence-corrected chi connectivity index (χ4v) is 4.96. The third kappa shape index (κ3) is 7.41. The van der Waals surface area contributed by atoms with E-state index in [2.05, 4.69) is 35.7 Å². The first kappa shape index (κ1) is 26.8. The van der Waals surface area contributed by atoms with E-state index in [0.29, 0.717) is 42.3 Å². The molecule has 1 aliphatic carbocycles. The molecule has 0 bridgehead atoms. The maximum absolute atomic E-state index is 13.5. The maximum Gasteiger partial charge on any atom is 0.242 e. The van der Waals surface area contributed by atoms with Gasteiger partial charge in [0, 0.05) is 37.4 Å². The summed E-state index contributed by atoms with van der Waals surface area (Å²) in [7, 11) is 0. The molecule has 1 aromatic carbocycles. The van der Waals surface area contributed by atoms with Crippen LogP contribution < -0.4 is 16.0 Å². The molecule has 0 saturated heterocycles. The van der Waals surface area contributed by atoms with Crippen molar-refractivity contribution in [3.05, 3.63) is 96.1 Å². The summed E-state index contributed by atoms with van der Waals surface area (Å²) in [6.45, 7) is 7.95. The van der Waals surface area contributed by atoms with E-state index in [0.717, 1.165) is 30.5 Å². The largest absolute Gasteiger partial charge is 0.358 e. The van der Waals surface area contributed by atoms with Crippen LogP contribution in [0.5, 0.6) is 0 Å². The predicted octanol–water partition coefficient (Wildman–Crippen LogP) is 5.29. The van der Waals surface area contributed by atoms with Crippen LogP contribution in [0.2, 0.25) is 0 Å². The number of nitrogens with zero attached hydrogens (tertiary/aromatic N) is 6. The van der Waals surface area contributed by atoms with Gasteiger partial charge in [-0.3, -0.25) is 14.8 Å². The summed E-state index contributed by atoms with van der Waals surface area (Å²) in [5, 5.41) is 9.77. The number of hydrogen-bond acceptors (Lipinski definition) is 7. The minimum atomic E-state index is -0.453. The van der Waals surface area contributed by atoms with Crippen LogP contribution in [0, 0.1) is 12.5 Å². The summed E-state index contributed by atoms with van der Waals surface area (Å²) >= 11 is 0. The summed E-state index contributed by atoms with van der Waals surface area (Å²) in [5.74, 6) is 2.08. The Kier molecular flexibility index (Phi) is 8.94. The second-order valence-corrected chi connectivity index (χ2v) is 10.0. The van der Waals surface area contributed by atoms with E-state index in [1.165, 1.54) is 19.3 Å². The molecule has 40 heavy (non-hydrogen) atoms. The molecule has 0 unspecified atom stereocenters. The number of hydrogen-bond donors (Lipinski definition) is 3. The molecule has 10 nitrogen and oxygen atoms in total. The second kappa shape index (κ2) is 13.3. The fraction of sp³-hybridized carbons (Fsp3) is 0.333. The number of nitrogens with one attached hydrogen (secondary N) is 3. The summed E-state index contributed by atoms with van der Waals surface area (Å²) in [6, 6.07) is 12.6. The zero-order valence-corrected chi connectivity index (χ0v) is 22.3. The van der Waals surface area contributed by atoms with Crippen LogP contribution in [0.25, 0.3) is 10.7 Å². The minimum Gasteiger partial charge on any atom is -0.358 e. The molecule has 0 aliphatic heterocycles. The Bertz CT molecular complexity index is 1410. The van der Waals surface area contributed by atoms with Crippen molar-refractivity contribution in [1.29, 1.82) is 0 Å². The van der Waals surface area contributed by atoms with Crippen molar-refractivity contribution < 1.29 is 4.79 Å². The SMILES string of the molecule is [C-]#[N+]c1ccc(CNC(=O)[C@@H](CC2CCCCC2)Nc2cc(-n3cccc3)nc(NCc3cnccn3)n2)cc1. The molecule has 1 aliphatic rings. The molecule has 3 N–H and O–H groups in total. The van der Waals surface area contributed by atoms with Crippen molar-refractivity contribution in [2.75, 3.05) is 10.6 Å².